The number of aryl methyl sites for hydroxylation is 1. The van der Waals surface area contributed by atoms with E-state index in [1.807, 2.05) is 0 Å². The number of nitrogens with one attached hydrogen (secondary N) is 1. The Morgan fingerprint density at radius 2 is 2.11 bits per heavy atom. The summed E-state index contributed by atoms with van der Waals surface area (Å²) in [6.07, 6.45) is 4.30. The molecular weight excluding hydrogens is 267 g/mol. The van der Waals surface area contributed by atoms with Gasteiger partial charge in [0.15, 0.2) is 0 Å². The molecule has 19 heavy (non-hydrogen) atoms. The zero-order valence-electron chi connectivity index (χ0n) is 10.9. The summed E-state index contributed by atoms with van der Waals surface area (Å²) >= 11 is 0. The van der Waals surface area contributed by atoms with Crippen molar-refractivity contribution >= 4 is 15.7 Å². The Balaban J connectivity index is 2.05. The first kappa shape index (κ1) is 14.3. The maximum atomic E-state index is 13.8. The van der Waals surface area contributed by atoms with Crippen LogP contribution in [-0.4, -0.2) is 15.0 Å². The van der Waals surface area contributed by atoms with Crippen LogP contribution in [0, 0.1) is 18.7 Å². The van der Waals surface area contributed by atoms with E-state index >= 15 is 0 Å². The van der Waals surface area contributed by atoms with Gasteiger partial charge in [-0.3, -0.25) is 0 Å². The van der Waals surface area contributed by atoms with Gasteiger partial charge >= 0.3 is 0 Å². The Morgan fingerprint density at radius 1 is 1.42 bits per heavy atom. The Morgan fingerprint density at radius 3 is 2.74 bits per heavy atom. The van der Waals surface area contributed by atoms with Crippen LogP contribution in [0.5, 0.6) is 0 Å². The van der Waals surface area contributed by atoms with Gasteiger partial charge in [0, 0.05) is 12.2 Å². The van der Waals surface area contributed by atoms with E-state index in [0.29, 0.717) is 6.54 Å². The summed E-state index contributed by atoms with van der Waals surface area (Å²) in [6.45, 7) is 1.84. The van der Waals surface area contributed by atoms with E-state index in [4.69, 9.17) is 5.73 Å². The van der Waals surface area contributed by atoms with Crippen LogP contribution in [0.4, 0.5) is 10.1 Å². The van der Waals surface area contributed by atoms with E-state index in [-0.39, 0.29) is 16.1 Å². The van der Waals surface area contributed by atoms with Crippen molar-refractivity contribution in [2.45, 2.75) is 37.5 Å². The minimum Gasteiger partial charge on any atom is -0.399 e. The molecule has 0 aliphatic heterocycles. The van der Waals surface area contributed by atoms with E-state index < -0.39 is 15.8 Å². The first-order valence-electron chi connectivity index (χ1n) is 6.45. The Bertz CT molecular complexity index is 568. The van der Waals surface area contributed by atoms with Gasteiger partial charge in [-0.25, -0.2) is 17.5 Å². The van der Waals surface area contributed by atoms with Crippen LogP contribution in [0.2, 0.25) is 0 Å². The first-order chi connectivity index (χ1) is 8.90. The number of rotatable bonds is 6. The van der Waals surface area contributed by atoms with E-state index in [9.17, 15) is 12.8 Å². The van der Waals surface area contributed by atoms with Crippen molar-refractivity contribution in [2.24, 2.45) is 5.92 Å². The van der Waals surface area contributed by atoms with Crippen LogP contribution >= 0.6 is 0 Å². The third-order valence-electron chi connectivity index (χ3n) is 3.31. The fourth-order valence-corrected chi connectivity index (χ4v) is 3.30. The van der Waals surface area contributed by atoms with Crippen molar-refractivity contribution in [3.63, 3.8) is 0 Å². The highest BCUT2D eigenvalue weighted by Crippen LogP contribution is 2.33. The fraction of sp³-hybridized carbons (Fsp3) is 0.538. The minimum atomic E-state index is -3.82. The topological polar surface area (TPSA) is 72.2 Å². The van der Waals surface area contributed by atoms with Gasteiger partial charge in [-0.1, -0.05) is 12.8 Å². The molecule has 0 radical (unpaired) electrons. The second-order valence-electron chi connectivity index (χ2n) is 5.13. The summed E-state index contributed by atoms with van der Waals surface area (Å²) in [4.78, 5) is -0.364. The molecule has 3 N–H and O–H groups in total. The standard InChI is InChI=1S/C13H19FN2O2S/c1-9-7-11(15)8-12(13(9)14)19(17,18)16-6-2-3-10-4-5-10/h7-8,10,16H,2-6,15H2,1H3. The highest BCUT2D eigenvalue weighted by Gasteiger charge is 2.23. The lowest BCUT2D eigenvalue weighted by atomic mass is 10.2. The second kappa shape index (κ2) is 5.46. The van der Waals surface area contributed by atoms with Crippen LogP contribution in [0.25, 0.3) is 0 Å². The molecule has 106 valence electrons. The largest absolute Gasteiger partial charge is 0.399 e. The Labute approximate surface area is 113 Å². The van der Waals surface area contributed by atoms with Crippen LogP contribution in [0.15, 0.2) is 17.0 Å². The number of nitrogen functional groups attached to an aromatic ring is 1. The first-order valence-corrected chi connectivity index (χ1v) is 7.94. The molecule has 0 heterocycles. The van der Waals surface area contributed by atoms with E-state index in [1.54, 1.807) is 0 Å². The zero-order valence-corrected chi connectivity index (χ0v) is 11.8. The van der Waals surface area contributed by atoms with E-state index in [2.05, 4.69) is 4.72 Å². The maximum Gasteiger partial charge on any atom is 0.243 e. The SMILES string of the molecule is Cc1cc(N)cc(S(=O)(=O)NCCCC2CC2)c1F. The van der Waals surface area contributed by atoms with Crippen molar-refractivity contribution < 1.29 is 12.8 Å². The number of hydrogen-bond donors (Lipinski definition) is 2. The van der Waals surface area contributed by atoms with Gasteiger partial charge in [0.05, 0.1) is 0 Å². The lowest BCUT2D eigenvalue weighted by molar-refractivity contribution is 0.549. The predicted octanol–water partition coefficient (Wildman–Crippen LogP) is 2.18. The molecule has 0 saturated heterocycles. The summed E-state index contributed by atoms with van der Waals surface area (Å²) in [5.74, 6) is 0.0275. The normalized spacial score (nSPS) is 15.7. The van der Waals surface area contributed by atoms with Crippen molar-refractivity contribution in [1.82, 2.24) is 4.72 Å². The summed E-state index contributed by atoms with van der Waals surface area (Å²) in [6, 6.07) is 2.58. The molecule has 6 heteroatoms. The fourth-order valence-electron chi connectivity index (χ4n) is 2.04. The molecule has 4 nitrogen and oxygen atoms in total. The average molecular weight is 286 g/mol. The van der Waals surface area contributed by atoms with Crippen molar-refractivity contribution in [3.05, 3.63) is 23.5 Å². The van der Waals surface area contributed by atoms with E-state index in [1.165, 1.54) is 25.8 Å². The predicted molar refractivity (Wildman–Crippen MR) is 72.7 cm³/mol. The number of hydrogen-bond acceptors (Lipinski definition) is 3. The van der Waals surface area contributed by atoms with Gasteiger partial charge in [-0.2, -0.15) is 0 Å². The number of halogens is 1. The molecular formula is C13H19FN2O2S. The van der Waals surface area contributed by atoms with Gasteiger partial charge in [0.2, 0.25) is 10.0 Å². The molecule has 0 spiro atoms. The van der Waals surface area contributed by atoms with E-state index in [0.717, 1.165) is 24.8 Å². The van der Waals surface area contributed by atoms with Crippen LogP contribution in [0.3, 0.4) is 0 Å². The van der Waals surface area contributed by atoms with Crippen LogP contribution in [0.1, 0.15) is 31.2 Å². The number of sulfonamides is 1. The molecule has 1 aliphatic rings. The Kier molecular flexibility index (Phi) is 4.10. The van der Waals surface area contributed by atoms with Crippen molar-refractivity contribution in [2.75, 3.05) is 12.3 Å². The third kappa shape index (κ3) is 3.67. The molecule has 1 fully saturated rings. The van der Waals surface area contributed by atoms with Crippen molar-refractivity contribution in [1.29, 1.82) is 0 Å². The number of benzene rings is 1. The lowest BCUT2D eigenvalue weighted by Crippen LogP contribution is -2.26. The molecule has 1 aromatic carbocycles. The van der Waals surface area contributed by atoms with Gasteiger partial charge < -0.3 is 5.73 Å². The van der Waals surface area contributed by atoms with Gasteiger partial charge in [-0.15, -0.1) is 0 Å². The summed E-state index contributed by atoms with van der Waals surface area (Å²) in [7, 11) is -3.82. The maximum absolute atomic E-state index is 13.8. The summed E-state index contributed by atoms with van der Waals surface area (Å²) in [5.41, 5.74) is 6.05. The monoisotopic (exact) mass is 286 g/mol. The van der Waals surface area contributed by atoms with Gasteiger partial charge in [0.25, 0.3) is 0 Å². The van der Waals surface area contributed by atoms with Crippen LogP contribution in [-0.2, 0) is 10.0 Å². The highest BCUT2D eigenvalue weighted by molar-refractivity contribution is 7.89. The zero-order chi connectivity index (χ0) is 14.0. The molecule has 0 amide bonds. The Hall–Kier alpha value is -1.14. The van der Waals surface area contributed by atoms with Crippen LogP contribution < -0.4 is 10.5 Å². The molecule has 1 aromatic rings. The number of anilines is 1. The van der Waals surface area contributed by atoms with Gasteiger partial charge in [-0.05, 0) is 43.4 Å². The molecule has 1 saturated carbocycles. The second-order valence-corrected chi connectivity index (χ2v) is 6.87. The number of nitrogens with two attached hydrogens (primary N) is 1. The molecule has 2 rings (SSSR count). The molecule has 0 aromatic heterocycles. The summed E-state index contributed by atoms with van der Waals surface area (Å²) < 4.78 is 40.3. The van der Waals surface area contributed by atoms with Crippen molar-refractivity contribution in [3.8, 4) is 0 Å². The average Bonchev–Trinajstić information content (AvgIpc) is 3.13. The van der Waals surface area contributed by atoms with Gasteiger partial charge in [0.1, 0.15) is 10.7 Å². The minimum absolute atomic E-state index is 0.235. The third-order valence-corrected chi connectivity index (χ3v) is 4.77. The smallest absolute Gasteiger partial charge is 0.243 e. The highest BCUT2D eigenvalue weighted by atomic mass is 32.2. The summed E-state index contributed by atoms with van der Waals surface area (Å²) in [5, 5.41) is 0. The molecule has 0 unspecified atom stereocenters. The lowest BCUT2D eigenvalue weighted by Gasteiger charge is -2.10. The molecule has 0 atom stereocenters. The quantitative estimate of drug-likeness (QED) is 0.622. The molecule has 1 aliphatic carbocycles. The molecule has 0 bridgehead atoms.